The highest BCUT2D eigenvalue weighted by molar-refractivity contribution is 5.98. The van der Waals surface area contributed by atoms with Gasteiger partial charge in [-0.3, -0.25) is 9.78 Å². The number of Topliss-reactive ketones (excluding diaryl/α,β-unsaturated/α-hetero) is 1. The minimum Gasteiger partial charge on any atom is -0.494 e. The van der Waals surface area contributed by atoms with Gasteiger partial charge in [-0.25, -0.2) is 0 Å². The molecule has 0 aliphatic carbocycles. The largest absolute Gasteiger partial charge is 0.494 e. The molecule has 1 rings (SSSR count). The van der Waals surface area contributed by atoms with E-state index in [4.69, 9.17) is 4.74 Å². The van der Waals surface area contributed by atoms with Crippen LogP contribution in [0.1, 0.15) is 36.5 Å². The van der Waals surface area contributed by atoms with E-state index >= 15 is 0 Å². The van der Waals surface area contributed by atoms with Gasteiger partial charge < -0.3 is 4.74 Å². The number of hydrogen-bond donors (Lipinski definition) is 0. The Kier molecular flexibility index (Phi) is 4.11. The van der Waals surface area contributed by atoms with E-state index in [9.17, 15) is 4.79 Å². The fraction of sp³-hybridized carbons (Fsp3) is 0.455. The predicted molar refractivity (Wildman–Crippen MR) is 54.6 cm³/mol. The normalized spacial score (nSPS) is 9.86. The van der Waals surface area contributed by atoms with Crippen LogP contribution in [-0.2, 0) is 0 Å². The van der Waals surface area contributed by atoms with Crippen LogP contribution in [0.3, 0.4) is 0 Å². The van der Waals surface area contributed by atoms with Crippen LogP contribution >= 0.6 is 0 Å². The maximum atomic E-state index is 11.7. The van der Waals surface area contributed by atoms with Gasteiger partial charge in [0.05, 0.1) is 18.9 Å². The van der Waals surface area contributed by atoms with Gasteiger partial charge in [-0.05, 0) is 12.5 Å². The van der Waals surface area contributed by atoms with E-state index in [2.05, 4.69) is 11.9 Å². The Balaban J connectivity index is 2.78. The lowest BCUT2D eigenvalue weighted by molar-refractivity contribution is 0.0976. The maximum absolute atomic E-state index is 11.7. The van der Waals surface area contributed by atoms with E-state index in [0.717, 1.165) is 12.8 Å². The van der Waals surface area contributed by atoms with Crippen molar-refractivity contribution in [1.29, 1.82) is 0 Å². The Bertz CT molecular complexity index is 310. The highest BCUT2D eigenvalue weighted by Gasteiger charge is 2.10. The number of carbonyl (C=O) groups excluding carboxylic acids is 1. The van der Waals surface area contributed by atoms with Crippen molar-refractivity contribution in [2.75, 3.05) is 7.11 Å². The second-order valence-corrected chi connectivity index (χ2v) is 3.10. The maximum Gasteiger partial charge on any atom is 0.166 e. The summed E-state index contributed by atoms with van der Waals surface area (Å²) in [4.78, 5) is 15.6. The molecule has 3 nitrogen and oxygen atoms in total. The molecule has 0 unspecified atom stereocenters. The van der Waals surface area contributed by atoms with E-state index < -0.39 is 0 Å². The molecule has 1 aromatic heterocycles. The van der Waals surface area contributed by atoms with Crippen molar-refractivity contribution in [1.82, 2.24) is 4.98 Å². The van der Waals surface area contributed by atoms with Crippen molar-refractivity contribution in [3.63, 3.8) is 0 Å². The molecular formula is C11H15NO2. The zero-order chi connectivity index (χ0) is 10.4. The number of ether oxygens (including phenoxy) is 1. The van der Waals surface area contributed by atoms with Gasteiger partial charge >= 0.3 is 0 Å². The summed E-state index contributed by atoms with van der Waals surface area (Å²) < 4.78 is 5.06. The highest BCUT2D eigenvalue weighted by Crippen LogP contribution is 2.18. The molecule has 0 saturated carbocycles. The molecule has 0 bridgehead atoms. The van der Waals surface area contributed by atoms with Crippen LogP contribution in [0.25, 0.3) is 0 Å². The Morgan fingerprint density at radius 3 is 3.00 bits per heavy atom. The average Bonchev–Trinajstić information content (AvgIpc) is 2.25. The number of rotatable bonds is 5. The third-order valence-corrected chi connectivity index (χ3v) is 2.06. The Labute approximate surface area is 84.1 Å². The highest BCUT2D eigenvalue weighted by atomic mass is 16.5. The van der Waals surface area contributed by atoms with Crippen molar-refractivity contribution < 1.29 is 9.53 Å². The van der Waals surface area contributed by atoms with Gasteiger partial charge in [-0.2, -0.15) is 0 Å². The standard InChI is InChI=1S/C11H15NO2/c1-3-4-5-10(13)9-6-7-12-8-11(9)14-2/h6-8H,3-5H2,1-2H3. The van der Waals surface area contributed by atoms with Gasteiger partial charge in [0.2, 0.25) is 0 Å². The quantitative estimate of drug-likeness (QED) is 0.674. The van der Waals surface area contributed by atoms with Crippen LogP contribution < -0.4 is 4.74 Å². The Hall–Kier alpha value is -1.38. The lowest BCUT2D eigenvalue weighted by Crippen LogP contribution is -2.02. The summed E-state index contributed by atoms with van der Waals surface area (Å²) in [6.07, 6.45) is 5.71. The number of nitrogens with zero attached hydrogens (tertiary/aromatic N) is 1. The molecule has 3 heteroatoms. The third kappa shape index (κ3) is 2.55. The van der Waals surface area contributed by atoms with E-state index in [-0.39, 0.29) is 5.78 Å². The molecule has 0 N–H and O–H groups in total. The summed E-state index contributed by atoms with van der Waals surface area (Å²) in [5.41, 5.74) is 0.635. The Morgan fingerprint density at radius 1 is 1.57 bits per heavy atom. The van der Waals surface area contributed by atoms with Crippen molar-refractivity contribution in [3.8, 4) is 5.75 Å². The summed E-state index contributed by atoms with van der Waals surface area (Å²) in [5, 5.41) is 0. The smallest absolute Gasteiger partial charge is 0.166 e. The number of ketones is 1. The Morgan fingerprint density at radius 2 is 2.36 bits per heavy atom. The van der Waals surface area contributed by atoms with Gasteiger partial charge in [-0.1, -0.05) is 13.3 Å². The molecule has 0 amide bonds. The van der Waals surface area contributed by atoms with Gasteiger partial charge in [-0.15, -0.1) is 0 Å². The first-order valence-electron chi connectivity index (χ1n) is 4.80. The van der Waals surface area contributed by atoms with Crippen molar-refractivity contribution in [3.05, 3.63) is 24.0 Å². The molecule has 0 atom stereocenters. The molecule has 1 heterocycles. The first-order valence-corrected chi connectivity index (χ1v) is 4.80. The van der Waals surface area contributed by atoms with Crippen LogP contribution in [-0.4, -0.2) is 17.9 Å². The fourth-order valence-electron chi connectivity index (χ4n) is 1.24. The van der Waals surface area contributed by atoms with Crippen molar-refractivity contribution in [2.45, 2.75) is 26.2 Å². The topological polar surface area (TPSA) is 39.2 Å². The third-order valence-electron chi connectivity index (χ3n) is 2.06. The predicted octanol–water partition coefficient (Wildman–Crippen LogP) is 2.46. The van der Waals surface area contributed by atoms with E-state index in [1.165, 1.54) is 0 Å². The van der Waals surface area contributed by atoms with Crippen LogP contribution in [0.2, 0.25) is 0 Å². The van der Waals surface area contributed by atoms with Crippen LogP contribution in [0.15, 0.2) is 18.5 Å². The monoisotopic (exact) mass is 193 g/mol. The SMILES string of the molecule is CCCCC(=O)c1ccncc1OC. The summed E-state index contributed by atoms with van der Waals surface area (Å²) >= 11 is 0. The molecule has 76 valence electrons. The summed E-state index contributed by atoms with van der Waals surface area (Å²) in [7, 11) is 1.55. The zero-order valence-corrected chi connectivity index (χ0v) is 8.62. The molecular weight excluding hydrogens is 178 g/mol. The molecule has 0 aliphatic heterocycles. The lowest BCUT2D eigenvalue weighted by atomic mass is 10.1. The number of methoxy groups -OCH3 is 1. The number of hydrogen-bond acceptors (Lipinski definition) is 3. The molecule has 14 heavy (non-hydrogen) atoms. The molecule has 0 aromatic carbocycles. The van der Waals surface area contributed by atoms with Gasteiger partial charge in [0.1, 0.15) is 5.75 Å². The molecule has 0 aliphatic rings. The van der Waals surface area contributed by atoms with Crippen molar-refractivity contribution in [2.24, 2.45) is 0 Å². The number of carbonyl (C=O) groups is 1. The second-order valence-electron chi connectivity index (χ2n) is 3.10. The number of pyridine rings is 1. The molecule has 0 fully saturated rings. The van der Waals surface area contributed by atoms with Crippen molar-refractivity contribution >= 4 is 5.78 Å². The first kappa shape index (κ1) is 10.7. The van der Waals surface area contributed by atoms with E-state index in [1.807, 2.05) is 0 Å². The van der Waals surface area contributed by atoms with E-state index in [0.29, 0.717) is 17.7 Å². The van der Waals surface area contributed by atoms with E-state index in [1.54, 1.807) is 25.6 Å². The number of unbranched alkanes of at least 4 members (excludes halogenated alkanes) is 1. The minimum atomic E-state index is 0.131. The average molecular weight is 193 g/mol. The fourth-order valence-corrected chi connectivity index (χ4v) is 1.24. The summed E-state index contributed by atoms with van der Waals surface area (Å²) in [6, 6.07) is 1.71. The van der Waals surface area contributed by atoms with Crippen LogP contribution in [0.4, 0.5) is 0 Å². The van der Waals surface area contributed by atoms with Gasteiger partial charge in [0, 0.05) is 12.6 Å². The second kappa shape index (κ2) is 5.37. The molecule has 0 saturated heterocycles. The summed E-state index contributed by atoms with van der Waals surface area (Å²) in [6.45, 7) is 2.07. The molecule has 0 spiro atoms. The van der Waals surface area contributed by atoms with Gasteiger partial charge in [0.15, 0.2) is 5.78 Å². The minimum absolute atomic E-state index is 0.131. The van der Waals surface area contributed by atoms with Crippen LogP contribution in [0.5, 0.6) is 5.75 Å². The number of aromatic nitrogens is 1. The zero-order valence-electron chi connectivity index (χ0n) is 8.62. The van der Waals surface area contributed by atoms with Gasteiger partial charge in [0.25, 0.3) is 0 Å². The molecule has 0 radical (unpaired) electrons. The van der Waals surface area contributed by atoms with Crippen LogP contribution in [0, 0.1) is 0 Å². The first-order chi connectivity index (χ1) is 6.79. The summed E-state index contributed by atoms with van der Waals surface area (Å²) in [5.74, 6) is 0.694. The lowest BCUT2D eigenvalue weighted by Gasteiger charge is -2.05. The molecule has 1 aromatic rings.